The van der Waals surface area contributed by atoms with Crippen molar-refractivity contribution in [1.82, 2.24) is 13.9 Å². The Morgan fingerprint density at radius 1 is 1.06 bits per heavy atom. The molecule has 1 aromatic heterocycles. The summed E-state index contributed by atoms with van der Waals surface area (Å²) in [6, 6.07) is 9.83. The van der Waals surface area contributed by atoms with Crippen LogP contribution in [0.3, 0.4) is 0 Å². The Hall–Kier alpha value is -3.25. The van der Waals surface area contributed by atoms with Crippen molar-refractivity contribution in [3.05, 3.63) is 78.0 Å². The van der Waals surface area contributed by atoms with E-state index < -0.39 is 45.6 Å². The smallest absolute Gasteiger partial charge is 0.406 e. The fraction of sp³-hybridized carbons (Fsp3) is 0.273. The van der Waals surface area contributed by atoms with E-state index in [0.717, 1.165) is 16.4 Å². The highest BCUT2D eigenvalue weighted by Crippen LogP contribution is 2.38. The molecule has 2 atom stereocenters. The van der Waals surface area contributed by atoms with Gasteiger partial charge in [-0.3, -0.25) is 4.79 Å². The SMILES string of the molecule is Cn1cnc(S(=O)(=O)N2C[C@H](C(=O)c3ccc(OC(F)(F)F)cc3)[C@@H](c3ccc(F)cc3)C2)c1. The van der Waals surface area contributed by atoms with E-state index in [-0.39, 0.29) is 23.7 Å². The number of carbonyl (C=O) groups excluding carboxylic acids is 1. The predicted octanol–water partition coefficient (Wildman–Crippen LogP) is 3.75. The highest BCUT2D eigenvalue weighted by molar-refractivity contribution is 7.89. The van der Waals surface area contributed by atoms with E-state index in [4.69, 9.17) is 0 Å². The highest BCUT2D eigenvalue weighted by Gasteiger charge is 2.44. The van der Waals surface area contributed by atoms with E-state index >= 15 is 0 Å². The number of aromatic nitrogens is 2. The summed E-state index contributed by atoms with van der Waals surface area (Å²) in [4.78, 5) is 17.2. The molecule has 0 amide bonds. The maximum absolute atomic E-state index is 13.5. The van der Waals surface area contributed by atoms with Crippen molar-refractivity contribution < 1.29 is 35.5 Å². The number of sulfonamides is 1. The number of halogens is 4. The van der Waals surface area contributed by atoms with Gasteiger partial charge >= 0.3 is 6.36 Å². The number of alkyl halides is 3. The monoisotopic (exact) mass is 497 g/mol. The van der Waals surface area contributed by atoms with E-state index in [1.807, 2.05) is 0 Å². The molecule has 0 saturated carbocycles. The van der Waals surface area contributed by atoms with Gasteiger partial charge in [0.15, 0.2) is 10.8 Å². The minimum absolute atomic E-state index is 0.0454. The van der Waals surface area contributed by atoms with Crippen LogP contribution in [0.1, 0.15) is 21.8 Å². The van der Waals surface area contributed by atoms with Crippen molar-refractivity contribution in [3.8, 4) is 5.75 Å². The third kappa shape index (κ3) is 4.97. The molecule has 0 radical (unpaired) electrons. The van der Waals surface area contributed by atoms with Gasteiger partial charge in [-0.2, -0.15) is 4.31 Å². The first-order chi connectivity index (χ1) is 15.9. The molecule has 0 aliphatic carbocycles. The van der Waals surface area contributed by atoms with E-state index in [0.29, 0.717) is 5.56 Å². The zero-order valence-corrected chi connectivity index (χ0v) is 18.6. The number of aryl methyl sites for hydroxylation is 1. The Kier molecular flexibility index (Phi) is 6.21. The normalized spacial score (nSPS) is 19.3. The first-order valence-electron chi connectivity index (χ1n) is 10.1. The number of ether oxygens (including phenoxy) is 1. The number of hydrogen-bond donors (Lipinski definition) is 0. The summed E-state index contributed by atoms with van der Waals surface area (Å²) in [5, 5.41) is -0.172. The van der Waals surface area contributed by atoms with Gasteiger partial charge in [-0.15, -0.1) is 13.2 Å². The van der Waals surface area contributed by atoms with Crippen molar-refractivity contribution in [1.29, 1.82) is 0 Å². The van der Waals surface area contributed by atoms with E-state index in [1.165, 1.54) is 53.5 Å². The molecule has 1 aliphatic rings. The molecule has 3 aromatic rings. The van der Waals surface area contributed by atoms with Crippen molar-refractivity contribution in [2.24, 2.45) is 13.0 Å². The molecule has 0 unspecified atom stereocenters. The van der Waals surface area contributed by atoms with Gasteiger partial charge in [0, 0.05) is 43.7 Å². The lowest BCUT2D eigenvalue weighted by Crippen LogP contribution is -2.30. The van der Waals surface area contributed by atoms with Gasteiger partial charge in [0.2, 0.25) is 0 Å². The van der Waals surface area contributed by atoms with Gasteiger partial charge in [0.25, 0.3) is 10.0 Å². The van der Waals surface area contributed by atoms with Gasteiger partial charge in [-0.05, 0) is 42.0 Å². The van der Waals surface area contributed by atoms with Crippen LogP contribution >= 0.6 is 0 Å². The summed E-state index contributed by atoms with van der Waals surface area (Å²) in [6.45, 7) is -0.212. The fourth-order valence-electron chi connectivity index (χ4n) is 3.97. The zero-order valence-electron chi connectivity index (χ0n) is 17.7. The Labute approximate surface area is 192 Å². The Morgan fingerprint density at radius 2 is 1.71 bits per heavy atom. The molecular weight excluding hydrogens is 478 g/mol. The topological polar surface area (TPSA) is 81.5 Å². The maximum atomic E-state index is 13.5. The largest absolute Gasteiger partial charge is 0.573 e. The first-order valence-corrected chi connectivity index (χ1v) is 11.5. The lowest BCUT2D eigenvalue weighted by Gasteiger charge is -2.18. The molecule has 1 aliphatic heterocycles. The molecule has 12 heteroatoms. The number of rotatable bonds is 6. The Morgan fingerprint density at radius 3 is 2.26 bits per heavy atom. The highest BCUT2D eigenvalue weighted by atomic mass is 32.2. The van der Waals surface area contributed by atoms with Crippen LogP contribution in [0.2, 0.25) is 0 Å². The van der Waals surface area contributed by atoms with E-state index in [2.05, 4.69) is 9.72 Å². The summed E-state index contributed by atoms with van der Waals surface area (Å²) < 4.78 is 83.4. The quantitative estimate of drug-likeness (QED) is 0.383. The zero-order chi connectivity index (χ0) is 24.7. The summed E-state index contributed by atoms with van der Waals surface area (Å²) >= 11 is 0. The van der Waals surface area contributed by atoms with E-state index in [1.54, 1.807) is 7.05 Å². The molecule has 0 N–H and O–H groups in total. The molecule has 1 fully saturated rings. The molecule has 2 heterocycles. The van der Waals surface area contributed by atoms with Crippen LogP contribution in [0, 0.1) is 11.7 Å². The number of Topliss-reactive ketones (excluding diaryl/α,β-unsaturated/α-hetero) is 1. The summed E-state index contributed by atoms with van der Waals surface area (Å²) in [5.41, 5.74) is 0.666. The number of hydrogen-bond acceptors (Lipinski definition) is 5. The second-order valence-electron chi connectivity index (χ2n) is 7.90. The van der Waals surface area contributed by atoms with Gasteiger partial charge in [0.05, 0.1) is 6.33 Å². The average molecular weight is 497 g/mol. The number of benzene rings is 2. The van der Waals surface area contributed by atoms with E-state index in [9.17, 15) is 30.8 Å². The first kappa shape index (κ1) is 23.9. The van der Waals surface area contributed by atoms with Crippen LogP contribution in [0.15, 0.2) is 66.1 Å². The predicted molar refractivity (Wildman–Crippen MR) is 112 cm³/mol. The molecule has 0 spiro atoms. The van der Waals surface area contributed by atoms with Crippen LogP contribution in [0.5, 0.6) is 5.75 Å². The molecule has 0 bridgehead atoms. The van der Waals surface area contributed by atoms with Crippen molar-refractivity contribution >= 4 is 15.8 Å². The number of ketones is 1. The third-order valence-corrected chi connectivity index (χ3v) is 7.30. The number of nitrogens with zero attached hydrogens (tertiary/aromatic N) is 3. The molecule has 1 saturated heterocycles. The summed E-state index contributed by atoms with van der Waals surface area (Å²) in [6.07, 6.45) is -2.19. The summed E-state index contributed by atoms with van der Waals surface area (Å²) in [7, 11) is -2.39. The number of carbonyl (C=O) groups is 1. The molecule has 2 aromatic carbocycles. The third-order valence-electron chi connectivity index (χ3n) is 5.58. The van der Waals surface area contributed by atoms with Crippen LogP contribution in [-0.4, -0.2) is 47.5 Å². The standard InChI is InChI=1S/C22H19F4N3O4S/c1-28-12-20(27-13-28)34(31,32)29-10-18(14-2-6-16(23)7-3-14)19(11-29)21(30)15-4-8-17(9-5-15)33-22(24,25)26/h2-9,12-13,18-19H,10-11H2,1H3/t18-,19+/m1/s1. The molecule has 7 nitrogen and oxygen atoms in total. The molecule has 34 heavy (non-hydrogen) atoms. The summed E-state index contributed by atoms with van der Waals surface area (Å²) in [5.74, 6) is -2.87. The van der Waals surface area contributed by atoms with Crippen LogP contribution in [0.25, 0.3) is 0 Å². The fourth-order valence-corrected chi connectivity index (χ4v) is 5.42. The molecule has 180 valence electrons. The second kappa shape index (κ2) is 8.84. The lowest BCUT2D eigenvalue weighted by molar-refractivity contribution is -0.274. The average Bonchev–Trinajstić information content (AvgIpc) is 3.41. The van der Waals surface area contributed by atoms with Crippen molar-refractivity contribution in [2.75, 3.05) is 13.1 Å². The molecular formula is C22H19F4N3O4S. The lowest BCUT2D eigenvalue weighted by atomic mass is 9.84. The molecule has 4 rings (SSSR count). The van der Waals surface area contributed by atoms with Crippen molar-refractivity contribution in [3.63, 3.8) is 0 Å². The minimum atomic E-state index is -4.87. The van der Waals surface area contributed by atoms with Crippen LogP contribution in [0.4, 0.5) is 17.6 Å². The Bertz CT molecular complexity index is 1290. The maximum Gasteiger partial charge on any atom is 0.573 e. The number of imidazole rings is 1. The van der Waals surface area contributed by atoms with Crippen molar-refractivity contribution in [2.45, 2.75) is 17.3 Å². The van der Waals surface area contributed by atoms with Gasteiger partial charge in [0.1, 0.15) is 11.6 Å². The van der Waals surface area contributed by atoms with Gasteiger partial charge in [-0.25, -0.2) is 17.8 Å². The van der Waals surface area contributed by atoms with Gasteiger partial charge in [-0.1, -0.05) is 12.1 Å². The van der Waals surface area contributed by atoms with Crippen LogP contribution in [-0.2, 0) is 17.1 Å². The van der Waals surface area contributed by atoms with Crippen LogP contribution < -0.4 is 4.74 Å². The second-order valence-corrected chi connectivity index (χ2v) is 9.79. The van der Waals surface area contributed by atoms with Gasteiger partial charge < -0.3 is 9.30 Å². The Balaban J connectivity index is 1.65. The minimum Gasteiger partial charge on any atom is -0.406 e.